The lowest BCUT2D eigenvalue weighted by Crippen LogP contribution is -2.24. The Morgan fingerprint density at radius 2 is 1.86 bits per heavy atom. The number of aryl methyl sites for hydroxylation is 1. The molecule has 28 heavy (non-hydrogen) atoms. The zero-order chi connectivity index (χ0) is 19.5. The molecule has 0 aliphatic carbocycles. The SMILES string of the molecule is Cc1ccc(N2CCn3c(SCC(=O)NCc4ccc(F)cc4)nnc32)cc1. The molecule has 0 bridgehead atoms. The minimum absolute atomic E-state index is 0.0972. The predicted octanol–water partition coefficient (Wildman–Crippen LogP) is 3.29. The topological polar surface area (TPSA) is 63.1 Å². The van der Waals surface area contributed by atoms with Gasteiger partial charge in [-0.25, -0.2) is 4.39 Å². The number of carbonyl (C=O) groups is 1. The van der Waals surface area contributed by atoms with E-state index in [0.717, 1.165) is 35.4 Å². The quantitative estimate of drug-likeness (QED) is 0.647. The molecule has 3 aromatic rings. The fraction of sp³-hybridized carbons (Fsp3) is 0.250. The smallest absolute Gasteiger partial charge is 0.232 e. The highest BCUT2D eigenvalue weighted by Crippen LogP contribution is 2.32. The van der Waals surface area contributed by atoms with Crippen molar-refractivity contribution in [3.8, 4) is 0 Å². The van der Waals surface area contributed by atoms with Gasteiger partial charge in [-0.15, -0.1) is 10.2 Å². The van der Waals surface area contributed by atoms with Crippen LogP contribution in [0.15, 0.2) is 53.7 Å². The van der Waals surface area contributed by atoms with Crippen molar-refractivity contribution in [1.82, 2.24) is 20.1 Å². The first-order valence-electron chi connectivity index (χ1n) is 9.01. The first kappa shape index (κ1) is 18.5. The molecule has 4 rings (SSSR count). The number of fused-ring (bicyclic) bond motifs is 1. The van der Waals surface area contributed by atoms with Crippen LogP contribution in [0.1, 0.15) is 11.1 Å². The average molecular weight is 397 g/mol. The highest BCUT2D eigenvalue weighted by atomic mass is 32.2. The molecule has 0 unspecified atom stereocenters. The van der Waals surface area contributed by atoms with Gasteiger partial charge in [-0.2, -0.15) is 0 Å². The molecule has 0 saturated carbocycles. The van der Waals surface area contributed by atoms with Crippen LogP contribution in [0.25, 0.3) is 0 Å². The largest absolute Gasteiger partial charge is 0.351 e. The monoisotopic (exact) mass is 397 g/mol. The van der Waals surface area contributed by atoms with Crippen LogP contribution in [0.2, 0.25) is 0 Å². The summed E-state index contributed by atoms with van der Waals surface area (Å²) in [5.74, 6) is 0.674. The Morgan fingerprint density at radius 1 is 1.11 bits per heavy atom. The highest BCUT2D eigenvalue weighted by molar-refractivity contribution is 7.99. The van der Waals surface area contributed by atoms with E-state index in [1.807, 2.05) is 4.57 Å². The Labute approximate surface area is 166 Å². The minimum Gasteiger partial charge on any atom is -0.351 e. The summed E-state index contributed by atoms with van der Waals surface area (Å²) in [7, 11) is 0. The molecule has 6 nitrogen and oxygen atoms in total. The van der Waals surface area contributed by atoms with E-state index in [-0.39, 0.29) is 17.5 Å². The number of thioether (sulfide) groups is 1. The maximum absolute atomic E-state index is 12.9. The maximum Gasteiger partial charge on any atom is 0.232 e. The minimum atomic E-state index is -0.286. The van der Waals surface area contributed by atoms with E-state index < -0.39 is 0 Å². The Hall–Kier alpha value is -2.87. The predicted molar refractivity (Wildman–Crippen MR) is 107 cm³/mol. The molecule has 2 heterocycles. The zero-order valence-electron chi connectivity index (χ0n) is 15.4. The van der Waals surface area contributed by atoms with Crippen molar-refractivity contribution in [1.29, 1.82) is 0 Å². The van der Waals surface area contributed by atoms with Crippen molar-refractivity contribution in [2.75, 3.05) is 17.2 Å². The number of halogens is 1. The summed E-state index contributed by atoms with van der Waals surface area (Å²) in [5, 5.41) is 12.1. The van der Waals surface area contributed by atoms with Crippen molar-refractivity contribution in [2.45, 2.75) is 25.2 Å². The molecule has 144 valence electrons. The van der Waals surface area contributed by atoms with Gasteiger partial charge in [0.15, 0.2) is 5.16 Å². The molecule has 1 amide bonds. The first-order valence-corrected chi connectivity index (χ1v) is 10.00. The first-order chi connectivity index (χ1) is 13.6. The molecule has 1 aliphatic heterocycles. The van der Waals surface area contributed by atoms with E-state index in [1.54, 1.807) is 12.1 Å². The standard InChI is InChI=1S/C20H20FN5OS/c1-14-2-8-17(9-3-14)25-10-11-26-19(25)23-24-20(26)28-13-18(27)22-12-15-4-6-16(21)7-5-15/h2-9H,10-13H2,1H3,(H,22,27). The van der Waals surface area contributed by atoms with E-state index in [1.165, 1.54) is 29.5 Å². The molecule has 0 atom stereocenters. The van der Waals surface area contributed by atoms with Crippen molar-refractivity contribution in [2.24, 2.45) is 0 Å². The summed E-state index contributed by atoms with van der Waals surface area (Å²) in [6, 6.07) is 14.4. The molecule has 8 heteroatoms. The molecule has 2 aromatic carbocycles. The van der Waals surface area contributed by atoms with Gasteiger partial charge in [-0.1, -0.05) is 41.6 Å². The lowest BCUT2D eigenvalue weighted by Gasteiger charge is -2.15. The van der Waals surface area contributed by atoms with Crippen LogP contribution >= 0.6 is 11.8 Å². The van der Waals surface area contributed by atoms with Gasteiger partial charge in [-0.05, 0) is 36.8 Å². The second-order valence-electron chi connectivity index (χ2n) is 6.61. The Kier molecular flexibility index (Phi) is 5.29. The van der Waals surface area contributed by atoms with Gasteiger partial charge in [0.05, 0.1) is 5.75 Å². The van der Waals surface area contributed by atoms with E-state index in [0.29, 0.717) is 6.54 Å². The van der Waals surface area contributed by atoms with Gasteiger partial charge in [0.1, 0.15) is 5.82 Å². The van der Waals surface area contributed by atoms with E-state index in [9.17, 15) is 9.18 Å². The normalized spacial score (nSPS) is 12.9. The fourth-order valence-corrected chi connectivity index (χ4v) is 3.83. The summed E-state index contributed by atoms with van der Waals surface area (Å²) in [4.78, 5) is 14.3. The molecule has 0 fully saturated rings. The van der Waals surface area contributed by atoms with Crippen LogP contribution in [0, 0.1) is 12.7 Å². The number of nitrogens with one attached hydrogen (secondary N) is 1. The van der Waals surface area contributed by atoms with Crippen LogP contribution in [-0.2, 0) is 17.9 Å². The van der Waals surface area contributed by atoms with E-state index >= 15 is 0 Å². The Bertz CT molecular complexity index is 971. The summed E-state index contributed by atoms with van der Waals surface area (Å²) < 4.78 is 15.0. The number of anilines is 2. The van der Waals surface area contributed by atoms with E-state index in [2.05, 4.69) is 51.6 Å². The Morgan fingerprint density at radius 3 is 2.61 bits per heavy atom. The number of amides is 1. The zero-order valence-corrected chi connectivity index (χ0v) is 16.2. The van der Waals surface area contributed by atoms with Crippen molar-refractivity contribution in [3.63, 3.8) is 0 Å². The summed E-state index contributed by atoms with van der Waals surface area (Å²) >= 11 is 1.37. The summed E-state index contributed by atoms with van der Waals surface area (Å²) in [6.07, 6.45) is 0. The van der Waals surface area contributed by atoms with Crippen molar-refractivity contribution < 1.29 is 9.18 Å². The number of nitrogens with zero attached hydrogens (tertiary/aromatic N) is 4. The third-order valence-corrected chi connectivity index (χ3v) is 5.53. The van der Waals surface area contributed by atoms with Crippen molar-refractivity contribution in [3.05, 3.63) is 65.5 Å². The van der Waals surface area contributed by atoms with Gasteiger partial charge in [0, 0.05) is 25.3 Å². The highest BCUT2D eigenvalue weighted by Gasteiger charge is 2.26. The number of carbonyl (C=O) groups excluding carboxylic acids is 1. The molecule has 0 saturated heterocycles. The van der Waals surface area contributed by atoms with Gasteiger partial charge >= 0.3 is 0 Å². The Balaban J connectivity index is 1.34. The van der Waals surface area contributed by atoms with Crippen LogP contribution in [0.5, 0.6) is 0 Å². The average Bonchev–Trinajstić information content (AvgIpc) is 3.29. The summed E-state index contributed by atoms with van der Waals surface area (Å²) in [5.41, 5.74) is 3.16. The number of hydrogen-bond donors (Lipinski definition) is 1. The summed E-state index contributed by atoms with van der Waals surface area (Å²) in [6.45, 7) is 4.05. The lowest BCUT2D eigenvalue weighted by molar-refractivity contribution is -0.118. The van der Waals surface area contributed by atoms with Crippen LogP contribution < -0.4 is 10.2 Å². The second-order valence-corrected chi connectivity index (χ2v) is 7.56. The van der Waals surface area contributed by atoms with Gasteiger partial charge < -0.3 is 10.2 Å². The molecular weight excluding hydrogens is 377 g/mol. The maximum atomic E-state index is 12.9. The molecular formula is C20H20FN5OS. The lowest BCUT2D eigenvalue weighted by atomic mass is 10.2. The second kappa shape index (κ2) is 8.02. The van der Waals surface area contributed by atoms with Crippen LogP contribution in [-0.4, -0.2) is 33.0 Å². The van der Waals surface area contributed by atoms with Crippen molar-refractivity contribution >= 4 is 29.3 Å². The molecule has 1 N–H and O–H groups in total. The van der Waals surface area contributed by atoms with E-state index in [4.69, 9.17) is 0 Å². The van der Waals surface area contributed by atoms with Gasteiger partial charge in [-0.3, -0.25) is 9.36 Å². The third kappa shape index (κ3) is 4.01. The molecule has 1 aliphatic rings. The van der Waals surface area contributed by atoms with Crippen LogP contribution in [0.4, 0.5) is 16.0 Å². The molecule has 0 spiro atoms. The number of rotatable bonds is 6. The van der Waals surface area contributed by atoms with Gasteiger partial charge in [0.25, 0.3) is 0 Å². The molecule has 1 aromatic heterocycles. The molecule has 0 radical (unpaired) electrons. The number of benzene rings is 2. The third-order valence-electron chi connectivity index (χ3n) is 4.57. The fourth-order valence-electron chi connectivity index (χ4n) is 3.04. The van der Waals surface area contributed by atoms with Gasteiger partial charge in [0.2, 0.25) is 11.9 Å². The number of hydrogen-bond acceptors (Lipinski definition) is 5. The van der Waals surface area contributed by atoms with Crippen LogP contribution in [0.3, 0.4) is 0 Å². The number of aromatic nitrogens is 3.